The molecule has 2 atom stereocenters. The van der Waals surface area contributed by atoms with Crippen LogP contribution in [0.2, 0.25) is 0 Å². The number of nitrogens with zero attached hydrogens (tertiary/aromatic N) is 1. The molecule has 5 nitrogen and oxygen atoms in total. The van der Waals surface area contributed by atoms with Crippen LogP contribution in [0.4, 0.5) is 0 Å². The number of carbonyl (C=O) groups is 2. The van der Waals surface area contributed by atoms with Crippen LogP contribution in [-0.2, 0) is 16.1 Å². The summed E-state index contributed by atoms with van der Waals surface area (Å²) in [5.41, 5.74) is 0.0624. The van der Waals surface area contributed by atoms with E-state index in [1.54, 1.807) is 36.1 Å². The van der Waals surface area contributed by atoms with Crippen molar-refractivity contribution in [2.75, 3.05) is 0 Å². The summed E-state index contributed by atoms with van der Waals surface area (Å²) >= 11 is 0. The van der Waals surface area contributed by atoms with Gasteiger partial charge < -0.3 is 15.3 Å². The monoisotopic (exact) mass is 290 g/mol. The van der Waals surface area contributed by atoms with Crippen molar-refractivity contribution in [3.63, 3.8) is 0 Å². The maximum Gasteiger partial charge on any atom is 0.249 e. The number of aromatic hydroxyl groups is 1. The predicted molar refractivity (Wildman–Crippen MR) is 79.6 cm³/mol. The molecular weight excluding hydrogens is 268 g/mol. The van der Waals surface area contributed by atoms with Crippen molar-refractivity contribution in [3.8, 4) is 5.75 Å². The molecule has 2 rings (SSSR count). The van der Waals surface area contributed by atoms with Crippen molar-refractivity contribution < 1.29 is 14.7 Å². The van der Waals surface area contributed by atoms with Gasteiger partial charge in [0.2, 0.25) is 11.8 Å². The third-order valence-electron chi connectivity index (χ3n) is 4.19. The summed E-state index contributed by atoms with van der Waals surface area (Å²) in [7, 11) is 0. The van der Waals surface area contributed by atoms with Crippen LogP contribution >= 0.6 is 0 Å². The first kappa shape index (κ1) is 15.4. The third kappa shape index (κ3) is 2.86. The third-order valence-corrected chi connectivity index (χ3v) is 4.19. The van der Waals surface area contributed by atoms with E-state index in [1.807, 2.05) is 13.8 Å². The van der Waals surface area contributed by atoms with E-state index >= 15 is 0 Å². The first-order valence-electron chi connectivity index (χ1n) is 7.32. The Bertz CT molecular complexity index is 541. The summed E-state index contributed by atoms with van der Waals surface area (Å²) in [5, 5.41) is 12.2. The van der Waals surface area contributed by atoms with Crippen LogP contribution in [0.5, 0.6) is 5.75 Å². The van der Waals surface area contributed by atoms with Gasteiger partial charge in [-0.1, -0.05) is 26.0 Å². The van der Waals surface area contributed by atoms with Gasteiger partial charge in [-0.05, 0) is 37.5 Å². The van der Waals surface area contributed by atoms with Gasteiger partial charge in [0, 0.05) is 6.54 Å². The Kier molecular flexibility index (Phi) is 4.21. The highest BCUT2D eigenvalue weighted by atomic mass is 16.3. The Hall–Kier alpha value is -2.04. The van der Waals surface area contributed by atoms with Crippen LogP contribution < -0.4 is 5.32 Å². The Morgan fingerprint density at radius 3 is 2.38 bits per heavy atom. The molecule has 0 aliphatic carbocycles. The molecule has 0 spiro atoms. The van der Waals surface area contributed by atoms with Crippen molar-refractivity contribution in [3.05, 3.63) is 29.8 Å². The second-order valence-corrected chi connectivity index (χ2v) is 5.70. The first-order chi connectivity index (χ1) is 9.91. The van der Waals surface area contributed by atoms with Gasteiger partial charge in [-0.25, -0.2) is 0 Å². The zero-order valence-corrected chi connectivity index (χ0v) is 12.7. The number of hydrogen-bond donors (Lipinski definition) is 2. The lowest BCUT2D eigenvalue weighted by molar-refractivity contribution is -0.155. The van der Waals surface area contributed by atoms with E-state index in [2.05, 4.69) is 5.32 Å². The standard InChI is InChI=1S/C16H22N2O3/c1-4-13-14(20)17-16(3,5-2)15(21)18(13)10-11-6-8-12(19)9-7-11/h6-9,13,19H,4-5,10H2,1-3H3,(H,17,20). The van der Waals surface area contributed by atoms with Crippen LogP contribution in [0, 0.1) is 0 Å². The molecule has 0 radical (unpaired) electrons. The van der Waals surface area contributed by atoms with Crippen molar-refractivity contribution in [2.24, 2.45) is 0 Å². The van der Waals surface area contributed by atoms with E-state index < -0.39 is 11.6 Å². The predicted octanol–water partition coefficient (Wildman–Crippen LogP) is 1.80. The molecular formula is C16H22N2O3. The topological polar surface area (TPSA) is 69.6 Å². The molecule has 2 amide bonds. The molecule has 2 N–H and O–H groups in total. The van der Waals surface area contributed by atoms with Crippen molar-refractivity contribution in [2.45, 2.75) is 51.7 Å². The Morgan fingerprint density at radius 2 is 1.86 bits per heavy atom. The number of phenols is 1. The summed E-state index contributed by atoms with van der Waals surface area (Å²) in [6.45, 7) is 5.93. The summed E-state index contributed by atoms with van der Waals surface area (Å²) in [6, 6.07) is 6.27. The maximum atomic E-state index is 12.7. The van der Waals surface area contributed by atoms with Gasteiger partial charge in [0.1, 0.15) is 17.3 Å². The molecule has 5 heteroatoms. The van der Waals surface area contributed by atoms with E-state index in [0.29, 0.717) is 19.4 Å². The fourth-order valence-electron chi connectivity index (χ4n) is 2.63. The number of rotatable bonds is 4. The molecule has 1 heterocycles. The van der Waals surface area contributed by atoms with Crippen LogP contribution in [0.3, 0.4) is 0 Å². The minimum atomic E-state index is -0.834. The van der Waals surface area contributed by atoms with Crippen LogP contribution in [0.1, 0.15) is 39.2 Å². The second kappa shape index (κ2) is 5.76. The van der Waals surface area contributed by atoms with E-state index in [9.17, 15) is 14.7 Å². The Balaban J connectivity index is 2.29. The highest BCUT2D eigenvalue weighted by Crippen LogP contribution is 2.25. The van der Waals surface area contributed by atoms with Crippen LogP contribution in [0.15, 0.2) is 24.3 Å². The van der Waals surface area contributed by atoms with Crippen molar-refractivity contribution >= 4 is 11.8 Å². The number of piperazine rings is 1. The Morgan fingerprint density at radius 1 is 1.24 bits per heavy atom. The molecule has 1 aromatic carbocycles. The van der Waals surface area contributed by atoms with E-state index in [0.717, 1.165) is 5.56 Å². The summed E-state index contributed by atoms with van der Waals surface area (Å²) in [6.07, 6.45) is 1.13. The summed E-state index contributed by atoms with van der Waals surface area (Å²) in [4.78, 5) is 26.6. The number of hydrogen-bond acceptors (Lipinski definition) is 3. The number of phenolic OH excluding ortho intramolecular Hbond substituents is 1. The molecule has 1 aliphatic heterocycles. The number of amides is 2. The smallest absolute Gasteiger partial charge is 0.249 e. The van der Waals surface area contributed by atoms with Gasteiger partial charge in [-0.15, -0.1) is 0 Å². The average Bonchev–Trinajstić information content (AvgIpc) is 2.47. The lowest BCUT2D eigenvalue weighted by atomic mass is 9.91. The van der Waals surface area contributed by atoms with E-state index in [4.69, 9.17) is 0 Å². The molecule has 0 aromatic heterocycles. The molecule has 2 unspecified atom stereocenters. The SMILES string of the molecule is CCC1C(=O)NC(C)(CC)C(=O)N1Cc1ccc(O)cc1. The van der Waals surface area contributed by atoms with E-state index in [-0.39, 0.29) is 17.6 Å². The Labute approximate surface area is 125 Å². The quantitative estimate of drug-likeness (QED) is 0.888. The van der Waals surface area contributed by atoms with Crippen molar-refractivity contribution in [1.82, 2.24) is 10.2 Å². The molecule has 1 saturated heterocycles. The molecule has 0 saturated carbocycles. The fourth-order valence-corrected chi connectivity index (χ4v) is 2.63. The van der Waals surface area contributed by atoms with Gasteiger partial charge in [0.25, 0.3) is 0 Å². The number of nitrogens with one attached hydrogen (secondary N) is 1. The molecule has 21 heavy (non-hydrogen) atoms. The summed E-state index contributed by atoms with van der Waals surface area (Å²) in [5.74, 6) is 0.0386. The molecule has 1 aliphatic rings. The average molecular weight is 290 g/mol. The van der Waals surface area contributed by atoms with Gasteiger partial charge in [0.15, 0.2) is 0 Å². The molecule has 114 valence electrons. The molecule has 1 fully saturated rings. The molecule has 1 aromatic rings. The van der Waals surface area contributed by atoms with Gasteiger partial charge in [0.05, 0.1) is 0 Å². The highest BCUT2D eigenvalue weighted by Gasteiger charge is 2.46. The molecule has 0 bridgehead atoms. The number of carbonyl (C=O) groups excluding carboxylic acids is 2. The maximum absolute atomic E-state index is 12.7. The number of benzene rings is 1. The first-order valence-corrected chi connectivity index (χ1v) is 7.32. The minimum absolute atomic E-state index is 0.0514. The van der Waals surface area contributed by atoms with Crippen LogP contribution in [-0.4, -0.2) is 33.4 Å². The minimum Gasteiger partial charge on any atom is -0.508 e. The van der Waals surface area contributed by atoms with Crippen LogP contribution in [0.25, 0.3) is 0 Å². The van der Waals surface area contributed by atoms with Gasteiger partial charge >= 0.3 is 0 Å². The highest BCUT2D eigenvalue weighted by molar-refractivity contribution is 5.99. The lowest BCUT2D eigenvalue weighted by Gasteiger charge is -2.44. The largest absolute Gasteiger partial charge is 0.508 e. The normalized spacial score (nSPS) is 25.9. The van der Waals surface area contributed by atoms with E-state index in [1.165, 1.54) is 0 Å². The zero-order chi connectivity index (χ0) is 15.6. The van der Waals surface area contributed by atoms with Crippen molar-refractivity contribution in [1.29, 1.82) is 0 Å². The fraction of sp³-hybridized carbons (Fsp3) is 0.500. The van der Waals surface area contributed by atoms with Gasteiger partial charge in [-0.2, -0.15) is 0 Å². The van der Waals surface area contributed by atoms with Gasteiger partial charge in [-0.3, -0.25) is 9.59 Å². The lowest BCUT2D eigenvalue weighted by Crippen LogP contribution is -2.68. The second-order valence-electron chi connectivity index (χ2n) is 5.70. The summed E-state index contributed by atoms with van der Waals surface area (Å²) < 4.78 is 0. The zero-order valence-electron chi connectivity index (χ0n) is 12.7.